The molecule has 1 amide bonds. The van der Waals surface area contributed by atoms with Crippen LogP contribution in [0.15, 0.2) is 53.1 Å². The molecule has 2 heterocycles. The maximum atomic E-state index is 12.7. The van der Waals surface area contributed by atoms with Gasteiger partial charge in [0.15, 0.2) is 17.3 Å². The van der Waals surface area contributed by atoms with Crippen LogP contribution in [-0.4, -0.2) is 43.3 Å². The summed E-state index contributed by atoms with van der Waals surface area (Å²) in [6, 6.07) is 15.9. The molecule has 30 heavy (non-hydrogen) atoms. The molecular weight excluding hydrogens is 382 g/mol. The largest absolute Gasteiger partial charge is 0.493 e. The van der Waals surface area contributed by atoms with Gasteiger partial charge in [0, 0.05) is 12.6 Å². The molecule has 1 aliphatic heterocycles. The molecule has 7 heteroatoms. The normalized spacial score (nSPS) is 16.0. The van der Waals surface area contributed by atoms with E-state index in [1.54, 1.807) is 27.2 Å². The first-order valence-electron chi connectivity index (χ1n) is 9.86. The number of carbonyl (C=O) groups is 1. The number of amides is 1. The molecule has 1 aromatic heterocycles. The summed E-state index contributed by atoms with van der Waals surface area (Å²) in [5.74, 6) is 2.35. The van der Waals surface area contributed by atoms with Crippen molar-refractivity contribution in [1.82, 2.24) is 10.1 Å². The smallest absolute Gasteiger partial charge is 0.239 e. The van der Waals surface area contributed by atoms with Crippen LogP contribution in [0.3, 0.4) is 0 Å². The third kappa shape index (κ3) is 4.02. The van der Waals surface area contributed by atoms with Crippen LogP contribution in [0.1, 0.15) is 28.5 Å². The average molecular weight is 407 g/mol. The molecule has 1 N–H and O–H groups in total. The highest BCUT2D eigenvalue weighted by molar-refractivity contribution is 5.91. The maximum Gasteiger partial charge on any atom is 0.239 e. The van der Waals surface area contributed by atoms with Gasteiger partial charge in [-0.25, -0.2) is 0 Å². The molecule has 0 saturated heterocycles. The summed E-state index contributed by atoms with van der Waals surface area (Å²) in [7, 11) is 3.28. The van der Waals surface area contributed by atoms with Gasteiger partial charge in [-0.3, -0.25) is 9.69 Å². The van der Waals surface area contributed by atoms with Crippen LogP contribution in [-0.2, 0) is 11.2 Å². The Balaban J connectivity index is 1.66. The minimum Gasteiger partial charge on any atom is -0.493 e. The van der Waals surface area contributed by atoms with Gasteiger partial charge in [-0.1, -0.05) is 35.5 Å². The molecule has 0 radical (unpaired) electrons. The molecule has 0 aliphatic carbocycles. The van der Waals surface area contributed by atoms with Crippen molar-refractivity contribution in [2.75, 3.05) is 32.6 Å². The van der Waals surface area contributed by atoms with Gasteiger partial charge in [0.2, 0.25) is 5.91 Å². The number of carbonyl (C=O) groups excluding carboxylic acids is 1. The number of hydrogen-bond donors (Lipinski definition) is 1. The molecule has 7 nitrogen and oxygen atoms in total. The number of methoxy groups -OCH3 is 2. The first-order valence-corrected chi connectivity index (χ1v) is 9.86. The van der Waals surface area contributed by atoms with Crippen molar-refractivity contribution in [3.63, 3.8) is 0 Å². The Labute approximate surface area is 175 Å². The van der Waals surface area contributed by atoms with Gasteiger partial charge >= 0.3 is 0 Å². The molecular formula is C23H25N3O4. The van der Waals surface area contributed by atoms with Crippen LogP contribution >= 0.6 is 0 Å². The second kappa shape index (κ2) is 8.59. The van der Waals surface area contributed by atoms with Gasteiger partial charge in [-0.05, 0) is 42.2 Å². The summed E-state index contributed by atoms with van der Waals surface area (Å²) in [5.41, 5.74) is 3.44. The van der Waals surface area contributed by atoms with Gasteiger partial charge < -0.3 is 19.3 Å². The average Bonchev–Trinajstić information content (AvgIpc) is 3.17. The van der Waals surface area contributed by atoms with Crippen LogP contribution in [0, 0.1) is 6.92 Å². The number of nitrogens with one attached hydrogen (secondary N) is 1. The Morgan fingerprint density at radius 3 is 2.57 bits per heavy atom. The van der Waals surface area contributed by atoms with E-state index in [-0.39, 0.29) is 18.5 Å². The van der Waals surface area contributed by atoms with Crippen LogP contribution < -0.4 is 14.8 Å². The van der Waals surface area contributed by atoms with Crippen molar-refractivity contribution >= 4 is 11.7 Å². The number of fused-ring (bicyclic) bond motifs is 1. The highest BCUT2D eigenvalue weighted by atomic mass is 16.5. The van der Waals surface area contributed by atoms with Gasteiger partial charge in [-0.15, -0.1) is 0 Å². The molecule has 0 bridgehead atoms. The number of rotatable bonds is 6. The van der Waals surface area contributed by atoms with Gasteiger partial charge in [0.25, 0.3) is 0 Å². The van der Waals surface area contributed by atoms with E-state index < -0.39 is 0 Å². The molecule has 0 spiro atoms. The van der Waals surface area contributed by atoms with Crippen molar-refractivity contribution in [3.8, 4) is 11.5 Å². The van der Waals surface area contributed by atoms with Crippen molar-refractivity contribution in [1.29, 1.82) is 0 Å². The summed E-state index contributed by atoms with van der Waals surface area (Å²) in [6.07, 6.45) is 0.815. The zero-order chi connectivity index (χ0) is 21.1. The summed E-state index contributed by atoms with van der Waals surface area (Å²) in [5, 5.41) is 6.66. The number of aromatic nitrogens is 1. The molecule has 3 aromatic rings. The van der Waals surface area contributed by atoms with Crippen molar-refractivity contribution in [2.45, 2.75) is 19.4 Å². The minimum atomic E-state index is -0.131. The molecule has 4 rings (SSSR count). The Morgan fingerprint density at radius 1 is 1.17 bits per heavy atom. The van der Waals surface area contributed by atoms with Crippen LogP contribution in [0.5, 0.6) is 11.5 Å². The SMILES string of the molecule is COc1cc2c(cc1OC)[C@@H](c1ccccc1)N(CC(=O)Nc1cc(C)on1)CC2. The Bertz CT molecular complexity index is 1030. The third-order valence-electron chi connectivity index (χ3n) is 5.33. The quantitative estimate of drug-likeness (QED) is 0.673. The van der Waals surface area contributed by atoms with E-state index in [1.165, 1.54) is 5.56 Å². The molecule has 0 unspecified atom stereocenters. The van der Waals surface area contributed by atoms with Crippen molar-refractivity contribution < 1.29 is 18.8 Å². The molecule has 1 aliphatic rings. The van der Waals surface area contributed by atoms with E-state index in [0.29, 0.717) is 17.3 Å². The molecule has 2 aromatic carbocycles. The van der Waals surface area contributed by atoms with Crippen molar-refractivity contribution in [3.05, 3.63) is 71.0 Å². The Morgan fingerprint density at radius 2 is 1.90 bits per heavy atom. The Hall–Kier alpha value is -3.32. The molecule has 156 valence electrons. The van der Waals surface area contributed by atoms with E-state index in [1.807, 2.05) is 30.3 Å². The monoisotopic (exact) mass is 407 g/mol. The number of ether oxygens (including phenoxy) is 2. The van der Waals surface area contributed by atoms with E-state index >= 15 is 0 Å². The van der Waals surface area contributed by atoms with E-state index in [2.05, 4.69) is 27.5 Å². The summed E-state index contributed by atoms with van der Waals surface area (Å²) >= 11 is 0. The van der Waals surface area contributed by atoms with Gasteiger partial charge in [0.1, 0.15) is 5.76 Å². The predicted molar refractivity (Wildman–Crippen MR) is 113 cm³/mol. The first-order chi connectivity index (χ1) is 14.6. The first kappa shape index (κ1) is 20.0. The number of nitrogens with zero attached hydrogens (tertiary/aromatic N) is 2. The predicted octanol–water partition coefficient (Wildman–Crippen LogP) is 3.59. The maximum absolute atomic E-state index is 12.7. The topological polar surface area (TPSA) is 76.8 Å². The standard InChI is InChI=1S/C23H25N3O4/c1-15-11-21(25-30-15)24-22(27)14-26-10-9-17-12-19(28-2)20(29-3)13-18(17)23(26)16-7-5-4-6-8-16/h4-8,11-13,23H,9-10,14H2,1-3H3,(H,24,25,27)/t23-/m1/s1. The van der Waals surface area contributed by atoms with Crippen LogP contribution in [0.25, 0.3) is 0 Å². The summed E-state index contributed by atoms with van der Waals surface area (Å²) in [6.45, 7) is 2.77. The van der Waals surface area contributed by atoms with Crippen LogP contribution in [0.2, 0.25) is 0 Å². The van der Waals surface area contributed by atoms with Crippen LogP contribution in [0.4, 0.5) is 5.82 Å². The van der Waals surface area contributed by atoms with Gasteiger partial charge in [0.05, 0.1) is 26.8 Å². The molecule has 0 saturated carbocycles. The van der Waals surface area contributed by atoms with E-state index in [4.69, 9.17) is 14.0 Å². The summed E-state index contributed by atoms with van der Waals surface area (Å²) < 4.78 is 16.1. The second-order valence-electron chi connectivity index (χ2n) is 7.31. The lowest BCUT2D eigenvalue weighted by atomic mass is 9.87. The summed E-state index contributed by atoms with van der Waals surface area (Å²) in [4.78, 5) is 14.9. The number of benzene rings is 2. The highest BCUT2D eigenvalue weighted by Crippen LogP contribution is 2.40. The fourth-order valence-electron chi connectivity index (χ4n) is 3.99. The lowest BCUT2D eigenvalue weighted by molar-refractivity contribution is -0.117. The van der Waals surface area contributed by atoms with E-state index in [0.717, 1.165) is 29.8 Å². The van der Waals surface area contributed by atoms with Gasteiger partial charge in [-0.2, -0.15) is 0 Å². The second-order valence-corrected chi connectivity index (χ2v) is 7.31. The highest BCUT2D eigenvalue weighted by Gasteiger charge is 2.31. The zero-order valence-electron chi connectivity index (χ0n) is 17.3. The third-order valence-corrected chi connectivity index (χ3v) is 5.33. The fourth-order valence-corrected chi connectivity index (χ4v) is 3.99. The molecule has 0 fully saturated rings. The number of anilines is 1. The zero-order valence-corrected chi connectivity index (χ0v) is 17.3. The number of aryl methyl sites for hydroxylation is 1. The lowest BCUT2D eigenvalue weighted by Gasteiger charge is -2.37. The fraction of sp³-hybridized carbons (Fsp3) is 0.304. The molecule has 1 atom stereocenters. The van der Waals surface area contributed by atoms with E-state index in [9.17, 15) is 4.79 Å². The lowest BCUT2D eigenvalue weighted by Crippen LogP contribution is -2.41. The number of hydrogen-bond acceptors (Lipinski definition) is 6. The Kier molecular flexibility index (Phi) is 5.72. The minimum absolute atomic E-state index is 0.0699. The van der Waals surface area contributed by atoms with Crippen molar-refractivity contribution in [2.24, 2.45) is 0 Å².